The first-order chi connectivity index (χ1) is 23.0. The topological polar surface area (TPSA) is 131 Å². The Balaban J connectivity index is 1.33. The lowest BCUT2D eigenvalue weighted by Gasteiger charge is -2.41. The molecule has 0 N–H and O–H groups in total. The van der Waals surface area contributed by atoms with E-state index >= 15 is 4.39 Å². The highest BCUT2D eigenvalue weighted by Crippen LogP contribution is 2.52. The Morgan fingerprint density at radius 2 is 1.83 bits per heavy atom. The van der Waals surface area contributed by atoms with Crippen LogP contribution in [0.15, 0.2) is 64.4 Å². The van der Waals surface area contributed by atoms with Crippen LogP contribution in [0.5, 0.6) is 11.6 Å². The number of ether oxygens (including phenoxy) is 4. The van der Waals surface area contributed by atoms with Crippen molar-refractivity contribution in [1.82, 2.24) is 5.16 Å². The van der Waals surface area contributed by atoms with Crippen molar-refractivity contribution in [2.24, 2.45) is 17.8 Å². The number of hydrogen-bond acceptors (Lipinski definition) is 10. The molecule has 246 valence electrons. The number of carbonyl (C=O) groups excluding carboxylic acids is 4. The molecule has 2 unspecified atom stereocenters. The first-order valence-corrected chi connectivity index (χ1v) is 15.6. The van der Waals surface area contributed by atoms with Gasteiger partial charge in [0.05, 0.1) is 18.6 Å². The van der Waals surface area contributed by atoms with Gasteiger partial charge in [0.2, 0.25) is 0 Å². The minimum Gasteiger partial charge on any atom is -0.500 e. The van der Waals surface area contributed by atoms with E-state index in [-0.39, 0.29) is 80.7 Å². The Bertz CT molecular complexity index is 2040. The zero-order valence-corrected chi connectivity index (χ0v) is 26.8. The number of allylic oxidation sites excluding steroid dienone is 2. The van der Waals surface area contributed by atoms with E-state index in [0.29, 0.717) is 24.9 Å². The molecule has 1 heterocycles. The minimum atomic E-state index is -1.10. The molecule has 0 saturated heterocycles. The van der Waals surface area contributed by atoms with E-state index in [1.54, 1.807) is 20.8 Å². The summed E-state index contributed by atoms with van der Waals surface area (Å²) < 4.78 is 44.7. The molecule has 0 aliphatic heterocycles. The van der Waals surface area contributed by atoms with Crippen LogP contribution in [-0.4, -0.2) is 41.9 Å². The lowest BCUT2D eigenvalue weighted by Crippen LogP contribution is -2.42. The number of aromatic nitrogens is 1. The number of benzene rings is 3. The van der Waals surface area contributed by atoms with Gasteiger partial charge in [-0.25, -0.2) is 9.18 Å². The predicted molar refractivity (Wildman–Crippen MR) is 169 cm³/mol. The van der Waals surface area contributed by atoms with Crippen molar-refractivity contribution in [3.8, 4) is 11.6 Å². The predicted octanol–water partition coefficient (Wildman–Crippen LogP) is 7.00. The fourth-order valence-corrected chi connectivity index (χ4v) is 7.19. The summed E-state index contributed by atoms with van der Waals surface area (Å²) in [5.41, 5.74) is 0.470. The van der Waals surface area contributed by atoms with Crippen LogP contribution in [0.2, 0.25) is 0 Å². The average Bonchev–Trinajstić information content (AvgIpc) is 3.47. The zero-order valence-electron chi connectivity index (χ0n) is 26.8. The number of aldehydes is 1. The number of nitrogens with zero attached hydrogens (tertiary/aromatic N) is 1. The van der Waals surface area contributed by atoms with Crippen LogP contribution in [0.4, 0.5) is 9.18 Å². The number of carbonyl (C=O) groups is 4. The summed E-state index contributed by atoms with van der Waals surface area (Å²) in [7, 11) is 1.39. The highest BCUT2D eigenvalue weighted by atomic mass is 19.1. The second-order valence-electron chi connectivity index (χ2n) is 13.3. The van der Waals surface area contributed by atoms with Crippen molar-refractivity contribution in [3.63, 3.8) is 0 Å². The summed E-state index contributed by atoms with van der Waals surface area (Å²) in [5.74, 6) is -2.88. The Morgan fingerprint density at radius 3 is 2.54 bits per heavy atom. The van der Waals surface area contributed by atoms with E-state index < -0.39 is 35.2 Å². The molecule has 3 atom stereocenters. The molecular formula is C37H32FNO9. The summed E-state index contributed by atoms with van der Waals surface area (Å²) in [4.78, 5) is 53.4. The van der Waals surface area contributed by atoms with Gasteiger partial charge in [0.1, 0.15) is 35.6 Å². The van der Waals surface area contributed by atoms with Crippen molar-refractivity contribution < 1.29 is 47.0 Å². The third-order valence-electron chi connectivity index (χ3n) is 9.11. The molecule has 0 radical (unpaired) electrons. The molecule has 11 heteroatoms. The lowest BCUT2D eigenvalue weighted by molar-refractivity contribution is 0.0207. The molecule has 10 nitrogen and oxygen atoms in total. The Morgan fingerprint density at radius 1 is 1.06 bits per heavy atom. The fraction of sp³-hybridized carbons (Fsp3) is 0.324. The maximum atomic E-state index is 16.3. The van der Waals surface area contributed by atoms with Crippen LogP contribution < -0.4 is 9.47 Å². The Labute approximate surface area is 274 Å². The molecule has 1 aromatic heterocycles. The van der Waals surface area contributed by atoms with E-state index in [1.807, 2.05) is 30.3 Å². The maximum absolute atomic E-state index is 16.3. The Hall–Kier alpha value is -5.32. The summed E-state index contributed by atoms with van der Waals surface area (Å²) in [5, 5.41) is 4.20. The fourth-order valence-electron chi connectivity index (χ4n) is 7.19. The van der Waals surface area contributed by atoms with Gasteiger partial charge in [0.25, 0.3) is 5.88 Å². The molecule has 0 bridgehead atoms. The van der Waals surface area contributed by atoms with Gasteiger partial charge in [-0.15, -0.1) is 0 Å². The summed E-state index contributed by atoms with van der Waals surface area (Å²) in [6.45, 7) is 5.13. The quantitative estimate of drug-likeness (QED) is 0.122. The SMILES string of the molecule is COC1=C2C(=O)c3c(c(F)c4ccc(C=O)cc4c3OC(=O)OC(C)(C)C)CC2C[C@H]2Cc3onc(OCc4ccccc4)c3C(=O)C12. The molecule has 0 saturated carbocycles. The van der Waals surface area contributed by atoms with E-state index in [1.165, 1.54) is 25.3 Å². The second kappa shape index (κ2) is 11.7. The normalized spacial score (nSPS) is 20.0. The average molecular weight is 654 g/mol. The maximum Gasteiger partial charge on any atom is 0.514 e. The number of fused-ring (bicyclic) bond motifs is 5. The highest BCUT2D eigenvalue weighted by Gasteiger charge is 2.52. The van der Waals surface area contributed by atoms with Crippen LogP contribution >= 0.6 is 0 Å². The van der Waals surface area contributed by atoms with E-state index in [4.69, 9.17) is 23.5 Å². The second-order valence-corrected chi connectivity index (χ2v) is 13.3. The number of rotatable bonds is 6. The number of Topliss-reactive ketones (excluding diaryl/α,β-unsaturated/α-hetero) is 2. The smallest absolute Gasteiger partial charge is 0.500 e. The van der Waals surface area contributed by atoms with Gasteiger partial charge < -0.3 is 23.5 Å². The summed E-state index contributed by atoms with van der Waals surface area (Å²) in [6, 6.07) is 13.7. The van der Waals surface area contributed by atoms with Crippen molar-refractivity contribution in [1.29, 1.82) is 0 Å². The van der Waals surface area contributed by atoms with Crippen molar-refractivity contribution in [3.05, 3.63) is 99.3 Å². The third-order valence-corrected chi connectivity index (χ3v) is 9.11. The molecular weight excluding hydrogens is 621 g/mol. The molecule has 0 fully saturated rings. The molecule has 0 spiro atoms. The van der Waals surface area contributed by atoms with Crippen LogP contribution in [0.25, 0.3) is 10.8 Å². The van der Waals surface area contributed by atoms with Crippen LogP contribution in [-0.2, 0) is 28.9 Å². The summed E-state index contributed by atoms with van der Waals surface area (Å²) in [6.07, 6.45) is 0.265. The number of ketones is 2. The minimum absolute atomic E-state index is 0.0600. The van der Waals surface area contributed by atoms with Gasteiger partial charge in [-0.1, -0.05) is 42.5 Å². The van der Waals surface area contributed by atoms with Gasteiger partial charge in [-0.05, 0) is 62.2 Å². The van der Waals surface area contributed by atoms with Crippen LogP contribution in [0.1, 0.15) is 75.2 Å². The van der Waals surface area contributed by atoms with Crippen LogP contribution in [0.3, 0.4) is 0 Å². The van der Waals surface area contributed by atoms with E-state index in [2.05, 4.69) is 5.16 Å². The number of methoxy groups -OCH3 is 1. The zero-order chi connectivity index (χ0) is 33.9. The van der Waals surface area contributed by atoms with Crippen molar-refractivity contribution in [2.75, 3.05) is 7.11 Å². The van der Waals surface area contributed by atoms with E-state index in [0.717, 1.165) is 5.56 Å². The first kappa shape index (κ1) is 31.3. The Kier molecular flexibility index (Phi) is 7.65. The van der Waals surface area contributed by atoms with Crippen molar-refractivity contribution in [2.45, 2.75) is 52.2 Å². The first-order valence-electron chi connectivity index (χ1n) is 15.6. The van der Waals surface area contributed by atoms with Crippen LogP contribution in [0, 0.1) is 23.6 Å². The molecule has 4 aromatic rings. The van der Waals surface area contributed by atoms with Gasteiger partial charge >= 0.3 is 6.16 Å². The van der Waals surface area contributed by atoms with Gasteiger partial charge in [0, 0.05) is 33.9 Å². The molecule has 3 aromatic carbocycles. The molecule has 0 amide bonds. The molecule has 3 aliphatic carbocycles. The van der Waals surface area contributed by atoms with Gasteiger partial charge in [-0.3, -0.25) is 14.4 Å². The largest absolute Gasteiger partial charge is 0.514 e. The van der Waals surface area contributed by atoms with Gasteiger partial charge in [0.15, 0.2) is 23.1 Å². The summed E-state index contributed by atoms with van der Waals surface area (Å²) >= 11 is 0. The standard InChI is InChI=1S/C37H32FNO9/c1-37(2,3)47-36(43)46-33-23-12-19(16-40)10-11-22(23)30(38)24-14-20-13-21-15-25-29(35(39-48-25)45-17-18-8-6-5-7-9-18)32(42)27(21)34(44-4)26(20)31(41)28(24)33/h5-12,16,20-21,27H,13-15,17H2,1-4H3/t20?,21-,27?/m0/s1. The number of hydrogen-bond donors (Lipinski definition) is 0. The highest BCUT2D eigenvalue weighted by molar-refractivity contribution is 6.18. The van der Waals surface area contributed by atoms with Crippen molar-refractivity contribution >= 4 is 34.8 Å². The lowest BCUT2D eigenvalue weighted by atomic mass is 9.62. The molecule has 3 aliphatic rings. The van der Waals surface area contributed by atoms with Gasteiger partial charge in [-0.2, -0.15) is 0 Å². The molecule has 7 rings (SSSR count). The monoisotopic (exact) mass is 653 g/mol. The number of halogens is 1. The van der Waals surface area contributed by atoms with E-state index in [9.17, 15) is 19.2 Å². The molecule has 48 heavy (non-hydrogen) atoms. The third kappa shape index (κ3) is 5.23.